The summed E-state index contributed by atoms with van der Waals surface area (Å²) in [5, 5.41) is 20.3. The quantitative estimate of drug-likeness (QED) is 0.362. The first-order valence-electron chi connectivity index (χ1n) is 10.8. The van der Waals surface area contributed by atoms with Crippen molar-refractivity contribution in [2.24, 2.45) is 4.99 Å². The van der Waals surface area contributed by atoms with Crippen LogP contribution >= 0.6 is 0 Å². The number of carbonyl (C=O) groups is 1. The lowest BCUT2D eigenvalue weighted by molar-refractivity contribution is -0.274. The third kappa shape index (κ3) is 7.99. The summed E-state index contributed by atoms with van der Waals surface area (Å²) in [5.41, 5.74) is 0.0557. The second kappa shape index (κ2) is 11.8. The molecular weight excluding hydrogens is 459 g/mol. The van der Waals surface area contributed by atoms with Crippen molar-refractivity contribution in [3.8, 4) is 11.5 Å². The lowest BCUT2D eigenvalue weighted by atomic mass is 9.93. The molecule has 1 aromatic rings. The molecule has 0 spiro atoms. The molecule has 0 aromatic heterocycles. The summed E-state index contributed by atoms with van der Waals surface area (Å²) >= 11 is 0. The maximum Gasteiger partial charge on any atom is 0.573 e. The van der Waals surface area contributed by atoms with E-state index in [2.05, 4.69) is 31.0 Å². The van der Waals surface area contributed by atoms with E-state index >= 15 is 0 Å². The molecule has 34 heavy (non-hydrogen) atoms. The van der Waals surface area contributed by atoms with E-state index in [0.717, 1.165) is 12.1 Å². The van der Waals surface area contributed by atoms with Crippen LogP contribution in [-0.4, -0.2) is 62.4 Å². The van der Waals surface area contributed by atoms with Crippen LogP contribution in [0.25, 0.3) is 0 Å². The van der Waals surface area contributed by atoms with Crippen molar-refractivity contribution in [1.82, 2.24) is 16.0 Å². The van der Waals surface area contributed by atoms with E-state index < -0.39 is 18.1 Å². The number of hydrogen-bond donors (Lipinski definition) is 5. The zero-order valence-electron chi connectivity index (χ0n) is 18.5. The highest BCUT2D eigenvalue weighted by Crippen LogP contribution is 2.32. The standard InChI is InChI=1S/C21H28F3N5O5/c1-32-17-7-6-15(34-21(22,23)24)12-16(17)28-20(31)27-13-2-4-14(5-3-13)33-18-8-9-25-19(29-18)26-10-11-30/h6-9,12-14,19,26,29-30H,2-5,10-11H2,1H3,(H2,27,28,31)/t13-,14-,19?. The van der Waals surface area contributed by atoms with Gasteiger partial charge in [0, 0.05) is 30.9 Å². The molecule has 1 heterocycles. The molecule has 1 fully saturated rings. The number of rotatable bonds is 9. The molecule has 1 unspecified atom stereocenters. The highest BCUT2D eigenvalue weighted by molar-refractivity contribution is 5.91. The summed E-state index contributed by atoms with van der Waals surface area (Å²) in [7, 11) is 1.34. The van der Waals surface area contributed by atoms with Crippen molar-refractivity contribution in [2.45, 2.75) is 50.5 Å². The van der Waals surface area contributed by atoms with E-state index in [1.165, 1.54) is 13.2 Å². The van der Waals surface area contributed by atoms with Gasteiger partial charge in [-0.2, -0.15) is 0 Å². The van der Waals surface area contributed by atoms with Gasteiger partial charge in [-0.05, 0) is 37.8 Å². The Bertz CT molecular complexity index is 888. The van der Waals surface area contributed by atoms with Gasteiger partial charge in [-0.15, -0.1) is 13.2 Å². The average Bonchev–Trinajstić information content (AvgIpc) is 2.78. The molecule has 13 heteroatoms. The van der Waals surface area contributed by atoms with Crippen LogP contribution in [0.1, 0.15) is 25.7 Å². The van der Waals surface area contributed by atoms with Crippen molar-refractivity contribution >= 4 is 17.9 Å². The van der Waals surface area contributed by atoms with Crippen LogP contribution in [0, 0.1) is 0 Å². The Hall–Kier alpha value is -3.19. The number of aliphatic imine (C=N–C) groups is 1. The molecule has 0 saturated heterocycles. The van der Waals surface area contributed by atoms with Crippen LogP contribution in [0.2, 0.25) is 0 Å². The summed E-state index contributed by atoms with van der Waals surface area (Å²) in [6.07, 6.45) is 0.830. The Labute approximate surface area is 194 Å². The Balaban J connectivity index is 1.46. The Morgan fingerprint density at radius 3 is 2.71 bits per heavy atom. The first-order valence-corrected chi connectivity index (χ1v) is 10.8. The fourth-order valence-corrected chi connectivity index (χ4v) is 3.63. The minimum atomic E-state index is -4.85. The summed E-state index contributed by atoms with van der Waals surface area (Å²) < 4.78 is 52.4. The van der Waals surface area contributed by atoms with Crippen LogP contribution < -0.4 is 30.7 Å². The van der Waals surface area contributed by atoms with Gasteiger partial charge in [0.1, 0.15) is 17.6 Å². The number of halogens is 3. The smallest absolute Gasteiger partial charge is 0.495 e. The molecular formula is C21H28F3N5O5. The molecule has 188 valence electrons. The average molecular weight is 487 g/mol. The lowest BCUT2D eigenvalue weighted by Crippen LogP contribution is -2.45. The highest BCUT2D eigenvalue weighted by atomic mass is 19.4. The van der Waals surface area contributed by atoms with Gasteiger partial charge in [0.15, 0.2) is 12.2 Å². The number of alkyl halides is 3. The monoisotopic (exact) mass is 487 g/mol. The summed E-state index contributed by atoms with van der Waals surface area (Å²) in [6, 6.07) is 2.76. The van der Waals surface area contributed by atoms with Gasteiger partial charge in [0.25, 0.3) is 0 Å². The summed E-state index contributed by atoms with van der Waals surface area (Å²) in [5.74, 6) is 0.309. The van der Waals surface area contributed by atoms with Crippen LogP contribution in [0.15, 0.2) is 35.2 Å². The van der Waals surface area contributed by atoms with Gasteiger partial charge in [0.2, 0.25) is 0 Å². The molecule has 2 aliphatic rings. The fraction of sp³-hybridized carbons (Fsp3) is 0.524. The number of anilines is 1. The molecule has 1 aliphatic carbocycles. The van der Waals surface area contributed by atoms with Crippen LogP contribution in [0.3, 0.4) is 0 Å². The zero-order valence-corrected chi connectivity index (χ0v) is 18.5. The van der Waals surface area contributed by atoms with Crippen molar-refractivity contribution in [3.63, 3.8) is 0 Å². The number of aliphatic hydroxyl groups is 1. The maximum absolute atomic E-state index is 12.5. The van der Waals surface area contributed by atoms with E-state index in [1.54, 1.807) is 12.3 Å². The van der Waals surface area contributed by atoms with Gasteiger partial charge in [0.05, 0.1) is 19.4 Å². The van der Waals surface area contributed by atoms with Crippen LogP contribution in [0.5, 0.6) is 11.5 Å². The molecule has 2 amide bonds. The molecule has 1 aromatic carbocycles. The van der Waals surface area contributed by atoms with E-state index in [0.29, 0.717) is 38.1 Å². The molecule has 1 aliphatic heterocycles. The number of allylic oxidation sites excluding steroid dienone is 1. The molecule has 0 radical (unpaired) electrons. The fourth-order valence-electron chi connectivity index (χ4n) is 3.63. The molecule has 3 rings (SSSR count). The number of urea groups is 1. The van der Waals surface area contributed by atoms with E-state index in [-0.39, 0.29) is 36.5 Å². The van der Waals surface area contributed by atoms with Crippen molar-refractivity contribution in [2.75, 3.05) is 25.6 Å². The van der Waals surface area contributed by atoms with Crippen molar-refractivity contribution in [3.05, 3.63) is 30.2 Å². The van der Waals surface area contributed by atoms with Gasteiger partial charge in [-0.3, -0.25) is 10.3 Å². The first-order chi connectivity index (χ1) is 16.3. The van der Waals surface area contributed by atoms with Gasteiger partial charge < -0.3 is 35.3 Å². The molecule has 1 saturated carbocycles. The van der Waals surface area contributed by atoms with Gasteiger partial charge in [-0.25, -0.2) is 4.79 Å². The van der Waals surface area contributed by atoms with Crippen molar-refractivity contribution < 1.29 is 37.3 Å². The molecule has 1 atom stereocenters. The minimum Gasteiger partial charge on any atom is -0.495 e. The minimum absolute atomic E-state index is 0.00223. The largest absolute Gasteiger partial charge is 0.573 e. The van der Waals surface area contributed by atoms with Gasteiger partial charge in [-0.1, -0.05) is 0 Å². The van der Waals surface area contributed by atoms with E-state index in [4.69, 9.17) is 14.6 Å². The topological polar surface area (TPSA) is 125 Å². The number of ether oxygens (including phenoxy) is 3. The zero-order chi connectivity index (χ0) is 24.6. The molecule has 10 nitrogen and oxygen atoms in total. The predicted octanol–water partition coefficient (Wildman–Crippen LogP) is 2.42. The normalized spacial score (nSPS) is 22.3. The number of nitrogens with zero attached hydrogens (tertiary/aromatic N) is 1. The van der Waals surface area contributed by atoms with E-state index in [1.807, 2.05) is 0 Å². The third-order valence-corrected chi connectivity index (χ3v) is 5.15. The van der Waals surface area contributed by atoms with Crippen molar-refractivity contribution in [1.29, 1.82) is 0 Å². The number of nitrogens with one attached hydrogen (secondary N) is 4. The number of hydrogen-bond acceptors (Lipinski definition) is 8. The summed E-state index contributed by atoms with van der Waals surface area (Å²) in [4.78, 5) is 16.6. The predicted molar refractivity (Wildman–Crippen MR) is 118 cm³/mol. The molecule has 5 N–H and O–H groups in total. The molecule has 0 bridgehead atoms. The third-order valence-electron chi connectivity index (χ3n) is 5.15. The van der Waals surface area contributed by atoms with E-state index in [9.17, 15) is 18.0 Å². The Morgan fingerprint density at radius 1 is 1.26 bits per heavy atom. The Kier molecular flexibility index (Phi) is 8.82. The SMILES string of the molecule is COc1ccc(OC(F)(F)F)cc1NC(=O)N[C@H]1CC[C@H](OC2=CC=NC(NCCO)N2)CC1. The number of benzene rings is 1. The Morgan fingerprint density at radius 2 is 2.03 bits per heavy atom. The lowest BCUT2D eigenvalue weighted by Gasteiger charge is -2.31. The first kappa shape index (κ1) is 25.4. The second-order valence-electron chi connectivity index (χ2n) is 7.65. The van der Waals surface area contributed by atoms with Crippen LogP contribution in [-0.2, 0) is 4.74 Å². The maximum atomic E-state index is 12.5. The number of carbonyl (C=O) groups excluding carboxylic acids is 1. The number of aliphatic hydroxyl groups excluding tert-OH is 1. The number of methoxy groups -OCH3 is 1. The summed E-state index contributed by atoms with van der Waals surface area (Å²) in [6.45, 7) is 0.393. The number of amides is 2. The highest BCUT2D eigenvalue weighted by Gasteiger charge is 2.31. The van der Waals surface area contributed by atoms with Gasteiger partial charge >= 0.3 is 12.4 Å². The second-order valence-corrected chi connectivity index (χ2v) is 7.65. The van der Waals surface area contributed by atoms with Crippen LogP contribution in [0.4, 0.5) is 23.7 Å².